The number of rotatable bonds is 2. The highest BCUT2D eigenvalue weighted by molar-refractivity contribution is 5.78. The number of carbonyl (C=O) groups is 1. The summed E-state index contributed by atoms with van der Waals surface area (Å²) in [5.41, 5.74) is 0. The Hall–Kier alpha value is -0.610. The standard InChI is InChI=1S/C8H15NO3/c1-6-4-12-5-7(6)8(10)9(2)11-3/h6-7H,4-5H2,1-3H3/t6-,7+/m0/s1. The molecule has 0 aliphatic carbocycles. The zero-order chi connectivity index (χ0) is 9.14. The zero-order valence-electron chi connectivity index (χ0n) is 7.74. The summed E-state index contributed by atoms with van der Waals surface area (Å²) in [5.74, 6) is 0.271. The number of carbonyl (C=O) groups excluding carboxylic acids is 1. The van der Waals surface area contributed by atoms with Gasteiger partial charge in [-0.05, 0) is 5.92 Å². The van der Waals surface area contributed by atoms with Gasteiger partial charge in [-0.3, -0.25) is 9.63 Å². The maximum Gasteiger partial charge on any atom is 0.251 e. The van der Waals surface area contributed by atoms with Gasteiger partial charge in [0.05, 0.1) is 26.2 Å². The monoisotopic (exact) mass is 173 g/mol. The van der Waals surface area contributed by atoms with Crippen LogP contribution in [0, 0.1) is 11.8 Å². The molecule has 0 bridgehead atoms. The molecule has 1 aliphatic rings. The van der Waals surface area contributed by atoms with E-state index in [1.54, 1.807) is 7.05 Å². The van der Waals surface area contributed by atoms with E-state index in [9.17, 15) is 4.79 Å². The molecule has 1 fully saturated rings. The van der Waals surface area contributed by atoms with Crippen molar-refractivity contribution in [3.63, 3.8) is 0 Å². The van der Waals surface area contributed by atoms with Crippen LogP contribution in [0.1, 0.15) is 6.92 Å². The van der Waals surface area contributed by atoms with Crippen LogP contribution in [0.15, 0.2) is 0 Å². The molecule has 1 amide bonds. The first kappa shape index (κ1) is 9.48. The first-order valence-corrected chi connectivity index (χ1v) is 4.06. The van der Waals surface area contributed by atoms with Crippen molar-refractivity contribution < 1.29 is 14.4 Å². The lowest BCUT2D eigenvalue weighted by atomic mass is 9.97. The lowest BCUT2D eigenvalue weighted by Gasteiger charge is -2.19. The lowest BCUT2D eigenvalue weighted by Crippen LogP contribution is -2.34. The third-order valence-corrected chi connectivity index (χ3v) is 2.27. The van der Waals surface area contributed by atoms with Crippen molar-refractivity contribution in [2.24, 2.45) is 11.8 Å². The van der Waals surface area contributed by atoms with E-state index in [0.717, 1.165) is 0 Å². The van der Waals surface area contributed by atoms with Crippen LogP contribution in [0.2, 0.25) is 0 Å². The molecule has 4 nitrogen and oxygen atoms in total. The van der Waals surface area contributed by atoms with Gasteiger partial charge in [0, 0.05) is 7.05 Å². The molecule has 1 aliphatic heterocycles. The molecule has 2 atom stereocenters. The molecule has 1 heterocycles. The third kappa shape index (κ3) is 1.76. The van der Waals surface area contributed by atoms with Gasteiger partial charge in [0.25, 0.3) is 5.91 Å². The highest BCUT2D eigenvalue weighted by atomic mass is 16.7. The molecule has 0 radical (unpaired) electrons. The van der Waals surface area contributed by atoms with Crippen LogP contribution < -0.4 is 0 Å². The van der Waals surface area contributed by atoms with E-state index in [0.29, 0.717) is 19.1 Å². The molecule has 0 N–H and O–H groups in total. The summed E-state index contributed by atoms with van der Waals surface area (Å²) in [5, 5.41) is 1.26. The molecule has 0 saturated carbocycles. The van der Waals surface area contributed by atoms with E-state index in [-0.39, 0.29) is 11.8 Å². The predicted molar refractivity (Wildman–Crippen MR) is 43.3 cm³/mol. The smallest absolute Gasteiger partial charge is 0.251 e. The summed E-state index contributed by atoms with van der Waals surface area (Å²) >= 11 is 0. The van der Waals surface area contributed by atoms with Crippen molar-refractivity contribution in [3.05, 3.63) is 0 Å². The van der Waals surface area contributed by atoms with Gasteiger partial charge < -0.3 is 4.74 Å². The Balaban J connectivity index is 2.51. The Morgan fingerprint density at radius 1 is 1.58 bits per heavy atom. The van der Waals surface area contributed by atoms with E-state index in [2.05, 4.69) is 0 Å². The molecule has 4 heteroatoms. The van der Waals surface area contributed by atoms with Crippen LogP contribution in [0.4, 0.5) is 0 Å². The SMILES string of the molecule is CON(C)C(=O)[C@@H]1COC[C@@H]1C. The van der Waals surface area contributed by atoms with E-state index < -0.39 is 0 Å². The molecule has 70 valence electrons. The molecular weight excluding hydrogens is 158 g/mol. The summed E-state index contributed by atoms with van der Waals surface area (Å²) < 4.78 is 5.18. The van der Waals surface area contributed by atoms with Crippen LogP contribution in [0.25, 0.3) is 0 Å². The minimum absolute atomic E-state index is 0.00231. The Morgan fingerprint density at radius 2 is 2.25 bits per heavy atom. The van der Waals surface area contributed by atoms with Gasteiger partial charge in [0.15, 0.2) is 0 Å². The Morgan fingerprint density at radius 3 is 2.67 bits per heavy atom. The highest BCUT2D eigenvalue weighted by Gasteiger charge is 2.32. The second kappa shape index (κ2) is 3.87. The van der Waals surface area contributed by atoms with E-state index in [4.69, 9.17) is 9.57 Å². The van der Waals surface area contributed by atoms with Crippen molar-refractivity contribution in [1.29, 1.82) is 0 Å². The van der Waals surface area contributed by atoms with Crippen LogP contribution in [0.3, 0.4) is 0 Å². The topological polar surface area (TPSA) is 38.8 Å². The van der Waals surface area contributed by atoms with Gasteiger partial charge in [-0.25, -0.2) is 5.06 Å². The van der Waals surface area contributed by atoms with Gasteiger partial charge in [-0.15, -0.1) is 0 Å². The second-order valence-electron chi connectivity index (χ2n) is 3.14. The van der Waals surface area contributed by atoms with Gasteiger partial charge in [0.2, 0.25) is 0 Å². The third-order valence-electron chi connectivity index (χ3n) is 2.27. The molecule has 0 unspecified atom stereocenters. The molecular formula is C8H15NO3. The minimum atomic E-state index is -0.0325. The lowest BCUT2D eigenvalue weighted by molar-refractivity contribution is -0.174. The normalized spacial score (nSPS) is 28.9. The number of hydroxylamine groups is 2. The van der Waals surface area contributed by atoms with Crippen molar-refractivity contribution in [3.8, 4) is 0 Å². The molecule has 12 heavy (non-hydrogen) atoms. The number of nitrogens with zero attached hydrogens (tertiary/aromatic N) is 1. The zero-order valence-corrected chi connectivity index (χ0v) is 7.74. The van der Waals surface area contributed by atoms with Gasteiger partial charge in [0.1, 0.15) is 0 Å². The highest BCUT2D eigenvalue weighted by Crippen LogP contribution is 2.21. The minimum Gasteiger partial charge on any atom is -0.380 e. The molecule has 0 aromatic rings. The Labute approximate surface area is 72.4 Å². The average Bonchev–Trinajstić information content (AvgIpc) is 2.48. The maximum absolute atomic E-state index is 11.5. The van der Waals surface area contributed by atoms with Crippen LogP contribution >= 0.6 is 0 Å². The predicted octanol–water partition coefficient (Wildman–Crippen LogP) is 0.289. The summed E-state index contributed by atoms with van der Waals surface area (Å²) in [6.07, 6.45) is 0. The number of hydrogen-bond donors (Lipinski definition) is 0. The van der Waals surface area contributed by atoms with Crippen molar-refractivity contribution in [1.82, 2.24) is 5.06 Å². The quantitative estimate of drug-likeness (QED) is 0.563. The summed E-state index contributed by atoms with van der Waals surface area (Å²) in [6, 6.07) is 0. The second-order valence-corrected chi connectivity index (χ2v) is 3.14. The fraction of sp³-hybridized carbons (Fsp3) is 0.875. The van der Waals surface area contributed by atoms with Gasteiger partial charge in [-0.1, -0.05) is 6.92 Å². The van der Waals surface area contributed by atoms with E-state index in [1.165, 1.54) is 12.2 Å². The molecule has 0 aromatic carbocycles. The Kier molecular flexibility index (Phi) is 3.05. The van der Waals surface area contributed by atoms with Crippen LogP contribution in [-0.2, 0) is 14.4 Å². The summed E-state index contributed by atoms with van der Waals surface area (Å²) in [6.45, 7) is 3.21. The molecule has 1 saturated heterocycles. The Bertz CT molecular complexity index is 172. The van der Waals surface area contributed by atoms with Crippen molar-refractivity contribution >= 4 is 5.91 Å². The fourth-order valence-electron chi connectivity index (χ4n) is 1.30. The first-order valence-electron chi connectivity index (χ1n) is 4.06. The number of ether oxygens (including phenoxy) is 1. The van der Waals surface area contributed by atoms with Crippen LogP contribution in [0.5, 0.6) is 0 Å². The van der Waals surface area contributed by atoms with Gasteiger partial charge in [-0.2, -0.15) is 0 Å². The number of hydrogen-bond acceptors (Lipinski definition) is 3. The molecule has 0 aromatic heterocycles. The van der Waals surface area contributed by atoms with Crippen molar-refractivity contribution in [2.75, 3.05) is 27.4 Å². The largest absolute Gasteiger partial charge is 0.380 e. The van der Waals surface area contributed by atoms with E-state index >= 15 is 0 Å². The van der Waals surface area contributed by atoms with Gasteiger partial charge >= 0.3 is 0 Å². The average molecular weight is 173 g/mol. The molecule has 1 rings (SSSR count). The molecule has 0 spiro atoms. The fourth-order valence-corrected chi connectivity index (χ4v) is 1.30. The van der Waals surface area contributed by atoms with Crippen LogP contribution in [-0.4, -0.2) is 38.3 Å². The van der Waals surface area contributed by atoms with Crippen molar-refractivity contribution in [2.45, 2.75) is 6.92 Å². The summed E-state index contributed by atoms with van der Waals surface area (Å²) in [7, 11) is 3.10. The summed E-state index contributed by atoms with van der Waals surface area (Å²) in [4.78, 5) is 16.3. The van der Waals surface area contributed by atoms with E-state index in [1.807, 2.05) is 6.92 Å². The number of amides is 1. The maximum atomic E-state index is 11.5. The first-order chi connectivity index (χ1) is 5.66.